The van der Waals surface area contributed by atoms with Crippen molar-refractivity contribution in [3.05, 3.63) is 48.2 Å². The van der Waals surface area contributed by atoms with Gasteiger partial charge in [0.2, 0.25) is 5.88 Å². The Labute approximate surface area is 160 Å². The molecule has 0 fully saturated rings. The third-order valence-corrected chi connectivity index (χ3v) is 3.59. The maximum absolute atomic E-state index is 5.73. The molecular formula is C20H28N4O3. The zero-order valence-corrected chi connectivity index (χ0v) is 16.2. The predicted octanol–water partition coefficient (Wildman–Crippen LogP) is 2.97. The number of methoxy groups -OCH3 is 1. The van der Waals surface area contributed by atoms with E-state index >= 15 is 0 Å². The van der Waals surface area contributed by atoms with E-state index in [4.69, 9.17) is 14.2 Å². The van der Waals surface area contributed by atoms with Crippen LogP contribution in [0.1, 0.15) is 19.4 Å². The van der Waals surface area contributed by atoms with Crippen LogP contribution in [0.4, 0.5) is 0 Å². The van der Waals surface area contributed by atoms with Crippen molar-refractivity contribution in [1.82, 2.24) is 15.6 Å². The summed E-state index contributed by atoms with van der Waals surface area (Å²) in [6.45, 7) is 7.42. The maximum atomic E-state index is 5.73. The average Bonchev–Trinajstić information content (AvgIpc) is 2.71. The molecule has 1 heterocycles. The van der Waals surface area contributed by atoms with E-state index in [1.54, 1.807) is 13.3 Å². The molecule has 0 saturated carbocycles. The number of ether oxygens (including phenoxy) is 3. The zero-order chi connectivity index (χ0) is 19.3. The lowest BCUT2D eigenvalue weighted by Crippen LogP contribution is -2.39. The molecule has 27 heavy (non-hydrogen) atoms. The number of nitrogens with zero attached hydrogens (tertiary/aromatic N) is 2. The fraction of sp³-hybridized carbons (Fsp3) is 0.400. The van der Waals surface area contributed by atoms with Gasteiger partial charge in [-0.05, 0) is 43.7 Å². The molecule has 0 aliphatic rings. The normalized spacial score (nSPS) is 11.1. The van der Waals surface area contributed by atoms with Gasteiger partial charge in [0.25, 0.3) is 0 Å². The number of hydrogen-bond acceptors (Lipinski definition) is 5. The highest BCUT2D eigenvalue weighted by atomic mass is 16.5. The molecule has 2 aromatic rings. The molecule has 7 heteroatoms. The number of guanidine groups is 1. The number of pyridine rings is 1. The van der Waals surface area contributed by atoms with Crippen LogP contribution < -0.4 is 20.1 Å². The molecule has 146 valence electrons. The van der Waals surface area contributed by atoms with E-state index in [0.717, 1.165) is 23.8 Å². The quantitative estimate of drug-likeness (QED) is 0.379. The monoisotopic (exact) mass is 372 g/mol. The molecule has 0 saturated heterocycles. The fourth-order valence-corrected chi connectivity index (χ4v) is 2.23. The first-order valence-corrected chi connectivity index (χ1v) is 9.12. The largest absolute Gasteiger partial charge is 0.497 e. The van der Waals surface area contributed by atoms with Gasteiger partial charge in [0.15, 0.2) is 5.96 Å². The summed E-state index contributed by atoms with van der Waals surface area (Å²) in [4.78, 5) is 8.90. The van der Waals surface area contributed by atoms with Crippen molar-refractivity contribution in [2.24, 2.45) is 4.99 Å². The van der Waals surface area contributed by atoms with E-state index in [2.05, 4.69) is 20.6 Å². The molecule has 1 aromatic carbocycles. The van der Waals surface area contributed by atoms with Crippen LogP contribution in [-0.4, -0.2) is 44.4 Å². The number of nitrogens with one attached hydrogen (secondary N) is 2. The highest BCUT2D eigenvalue weighted by molar-refractivity contribution is 5.79. The minimum absolute atomic E-state index is 0.528. The van der Waals surface area contributed by atoms with Gasteiger partial charge in [-0.25, -0.2) is 9.98 Å². The van der Waals surface area contributed by atoms with Crippen molar-refractivity contribution in [1.29, 1.82) is 0 Å². The number of aromatic nitrogens is 1. The van der Waals surface area contributed by atoms with Crippen LogP contribution in [0, 0.1) is 0 Å². The van der Waals surface area contributed by atoms with Crippen LogP contribution in [0.2, 0.25) is 0 Å². The SMILES string of the molecule is CCNC(=NCc1ccc(Oc2ccc(OC)cc2)nc1)NCCOCC. The van der Waals surface area contributed by atoms with Crippen LogP contribution in [-0.2, 0) is 11.3 Å². The molecule has 2 N–H and O–H groups in total. The van der Waals surface area contributed by atoms with E-state index in [0.29, 0.717) is 37.9 Å². The molecule has 2 rings (SSSR count). The summed E-state index contributed by atoms with van der Waals surface area (Å²) in [6.07, 6.45) is 1.77. The summed E-state index contributed by atoms with van der Waals surface area (Å²) in [5.41, 5.74) is 0.999. The Bertz CT molecular complexity index is 687. The van der Waals surface area contributed by atoms with Crippen LogP contribution in [0.25, 0.3) is 0 Å². The topological polar surface area (TPSA) is 77.0 Å². The Hall–Kier alpha value is -2.80. The van der Waals surface area contributed by atoms with Gasteiger partial charge in [-0.15, -0.1) is 0 Å². The lowest BCUT2D eigenvalue weighted by molar-refractivity contribution is 0.152. The van der Waals surface area contributed by atoms with Gasteiger partial charge in [-0.1, -0.05) is 6.07 Å². The lowest BCUT2D eigenvalue weighted by atomic mass is 10.3. The first kappa shape index (κ1) is 20.5. The predicted molar refractivity (Wildman–Crippen MR) is 107 cm³/mol. The van der Waals surface area contributed by atoms with Gasteiger partial charge in [-0.2, -0.15) is 0 Å². The van der Waals surface area contributed by atoms with E-state index in [-0.39, 0.29) is 0 Å². The van der Waals surface area contributed by atoms with Gasteiger partial charge < -0.3 is 24.8 Å². The summed E-state index contributed by atoms with van der Waals surface area (Å²) in [7, 11) is 1.63. The number of aliphatic imine (C=N–C) groups is 1. The van der Waals surface area contributed by atoms with Gasteiger partial charge in [0, 0.05) is 32.0 Å². The third-order valence-electron chi connectivity index (χ3n) is 3.59. The summed E-state index contributed by atoms with van der Waals surface area (Å²) in [5.74, 6) is 2.79. The van der Waals surface area contributed by atoms with E-state index < -0.39 is 0 Å². The van der Waals surface area contributed by atoms with Gasteiger partial charge in [0.05, 0.1) is 20.3 Å². The van der Waals surface area contributed by atoms with Gasteiger partial charge in [-0.3, -0.25) is 0 Å². The minimum Gasteiger partial charge on any atom is -0.497 e. The standard InChI is InChI=1S/C20H28N4O3/c1-4-21-20(22-12-13-26-5-2)24-15-16-6-11-19(23-14-16)27-18-9-7-17(25-3)8-10-18/h6-11,14H,4-5,12-13,15H2,1-3H3,(H2,21,22,24). The molecule has 1 aromatic heterocycles. The second-order valence-corrected chi connectivity index (χ2v) is 5.60. The highest BCUT2D eigenvalue weighted by Gasteiger charge is 2.01. The maximum Gasteiger partial charge on any atom is 0.219 e. The van der Waals surface area contributed by atoms with Crippen LogP contribution in [0.15, 0.2) is 47.6 Å². The highest BCUT2D eigenvalue weighted by Crippen LogP contribution is 2.22. The molecule has 0 unspecified atom stereocenters. The molecule has 0 atom stereocenters. The fourth-order valence-electron chi connectivity index (χ4n) is 2.23. The Balaban J connectivity index is 1.88. The van der Waals surface area contributed by atoms with Gasteiger partial charge >= 0.3 is 0 Å². The van der Waals surface area contributed by atoms with E-state index in [9.17, 15) is 0 Å². The molecule has 0 bridgehead atoms. The van der Waals surface area contributed by atoms with Crippen LogP contribution >= 0.6 is 0 Å². The Kier molecular flexibility index (Phi) is 8.92. The lowest BCUT2D eigenvalue weighted by Gasteiger charge is -2.11. The Morgan fingerprint density at radius 3 is 2.44 bits per heavy atom. The summed E-state index contributed by atoms with van der Waals surface area (Å²) < 4.78 is 16.2. The first-order valence-electron chi connectivity index (χ1n) is 9.12. The summed E-state index contributed by atoms with van der Waals surface area (Å²) >= 11 is 0. The number of rotatable bonds is 10. The molecule has 0 radical (unpaired) electrons. The first-order chi connectivity index (χ1) is 13.2. The van der Waals surface area contributed by atoms with Gasteiger partial charge in [0.1, 0.15) is 11.5 Å². The molecule has 0 spiro atoms. The number of benzene rings is 1. The molecule has 0 amide bonds. The van der Waals surface area contributed by atoms with Crippen molar-refractivity contribution >= 4 is 5.96 Å². The van der Waals surface area contributed by atoms with Crippen LogP contribution in [0.5, 0.6) is 17.4 Å². The van der Waals surface area contributed by atoms with Crippen LogP contribution in [0.3, 0.4) is 0 Å². The van der Waals surface area contributed by atoms with Crippen molar-refractivity contribution in [3.63, 3.8) is 0 Å². The van der Waals surface area contributed by atoms with E-state index in [1.807, 2.05) is 50.2 Å². The minimum atomic E-state index is 0.528. The summed E-state index contributed by atoms with van der Waals surface area (Å²) in [6, 6.07) is 11.2. The molecule has 0 aliphatic heterocycles. The van der Waals surface area contributed by atoms with Crippen molar-refractivity contribution in [2.45, 2.75) is 20.4 Å². The Morgan fingerprint density at radius 1 is 1.04 bits per heavy atom. The summed E-state index contributed by atoms with van der Waals surface area (Å²) in [5, 5.41) is 6.45. The second kappa shape index (κ2) is 11.7. The smallest absolute Gasteiger partial charge is 0.219 e. The van der Waals surface area contributed by atoms with Crippen molar-refractivity contribution in [2.75, 3.05) is 33.4 Å². The van der Waals surface area contributed by atoms with Crippen molar-refractivity contribution < 1.29 is 14.2 Å². The molecular weight excluding hydrogens is 344 g/mol. The molecule has 7 nitrogen and oxygen atoms in total. The molecule has 0 aliphatic carbocycles. The number of hydrogen-bond donors (Lipinski definition) is 2. The second-order valence-electron chi connectivity index (χ2n) is 5.60. The van der Waals surface area contributed by atoms with E-state index in [1.165, 1.54) is 0 Å². The third kappa shape index (κ3) is 7.53. The zero-order valence-electron chi connectivity index (χ0n) is 16.2. The average molecular weight is 372 g/mol. The van der Waals surface area contributed by atoms with Crippen molar-refractivity contribution in [3.8, 4) is 17.4 Å². The Morgan fingerprint density at radius 2 is 1.81 bits per heavy atom.